The lowest BCUT2D eigenvalue weighted by Gasteiger charge is -2.15. The number of para-hydroxylation sites is 1. The number of amides is 1. The number of fused-ring (bicyclic) bond motifs is 1. The Morgan fingerprint density at radius 1 is 1.24 bits per heavy atom. The fourth-order valence-electron chi connectivity index (χ4n) is 2.74. The zero-order valence-corrected chi connectivity index (χ0v) is 15.0. The van der Waals surface area contributed by atoms with Gasteiger partial charge in [-0.3, -0.25) is 4.79 Å². The maximum atomic E-state index is 12.6. The van der Waals surface area contributed by atoms with Crippen LogP contribution in [0.5, 0.6) is 0 Å². The molecule has 25 heavy (non-hydrogen) atoms. The molecule has 0 saturated heterocycles. The van der Waals surface area contributed by atoms with Gasteiger partial charge >= 0.3 is 0 Å². The Labute approximate surface area is 147 Å². The summed E-state index contributed by atoms with van der Waals surface area (Å²) in [5.74, 6) is -0.181. The van der Waals surface area contributed by atoms with Crippen molar-refractivity contribution in [1.29, 1.82) is 0 Å². The maximum Gasteiger partial charge on any atom is 0.257 e. The van der Waals surface area contributed by atoms with Crippen molar-refractivity contribution in [1.82, 2.24) is 19.4 Å². The number of carbonyl (C=O) groups excluding carboxylic acids is 1. The van der Waals surface area contributed by atoms with Gasteiger partial charge in [-0.25, -0.2) is 9.97 Å². The number of rotatable bonds is 5. The first-order valence-electron chi connectivity index (χ1n) is 8.32. The average Bonchev–Trinajstić information content (AvgIpc) is 2.99. The van der Waals surface area contributed by atoms with Crippen molar-refractivity contribution in [2.24, 2.45) is 0 Å². The van der Waals surface area contributed by atoms with E-state index in [1.807, 2.05) is 42.9 Å². The van der Waals surface area contributed by atoms with Gasteiger partial charge in [-0.2, -0.15) is 0 Å². The third-order valence-electron chi connectivity index (χ3n) is 3.98. The van der Waals surface area contributed by atoms with Gasteiger partial charge in [0.1, 0.15) is 5.52 Å². The molecule has 0 aliphatic heterocycles. The Morgan fingerprint density at radius 3 is 2.72 bits per heavy atom. The molecule has 3 aromatic rings. The zero-order valence-electron chi connectivity index (χ0n) is 15.0. The molecule has 3 rings (SSSR count). The van der Waals surface area contributed by atoms with Gasteiger partial charge in [-0.15, -0.1) is 0 Å². The van der Waals surface area contributed by atoms with Crippen molar-refractivity contribution >= 4 is 22.8 Å². The maximum absolute atomic E-state index is 12.6. The van der Waals surface area contributed by atoms with Crippen LogP contribution >= 0.6 is 0 Å². The molecule has 6 heteroatoms. The average molecular weight is 337 g/mol. The number of imidazole rings is 1. The summed E-state index contributed by atoms with van der Waals surface area (Å²) < 4.78 is 1.99. The van der Waals surface area contributed by atoms with Gasteiger partial charge in [0.2, 0.25) is 0 Å². The summed E-state index contributed by atoms with van der Waals surface area (Å²) >= 11 is 0. The van der Waals surface area contributed by atoms with E-state index in [0.717, 1.165) is 29.0 Å². The lowest BCUT2D eigenvalue weighted by Crippen LogP contribution is -2.17. The second-order valence-electron chi connectivity index (χ2n) is 6.66. The molecule has 2 aromatic heterocycles. The van der Waals surface area contributed by atoms with E-state index in [4.69, 9.17) is 0 Å². The number of carbonyl (C=O) groups is 1. The molecule has 1 N–H and O–H groups in total. The molecule has 0 radical (unpaired) electrons. The summed E-state index contributed by atoms with van der Waals surface area (Å²) in [5, 5.41) is 2.99. The van der Waals surface area contributed by atoms with E-state index in [1.165, 1.54) is 0 Å². The Balaban J connectivity index is 1.86. The van der Waals surface area contributed by atoms with E-state index < -0.39 is 0 Å². The van der Waals surface area contributed by atoms with Crippen LogP contribution in [0.2, 0.25) is 0 Å². The molecule has 0 atom stereocenters. The smallest absolute Gasteiger partial charge is 0.257 e. The van der Waals surface area contributed by atoms with Crippen LogP contribution < -0.4 is 5.32 Å². The molecule has 1 aromatic carbocycles. The van der Waals surface area contributed by atoms with Crippen LogP contribution in [0.3, 0.4) is 0 Å². The van der Waals surface area contributed by atoms with Gasteiger partial charge in [0.05, 0.1) is 11.9 Å². The molecule has 0 aliphatic rings. The predicted molar refractivity (Wildman–Crippen MR) is 99.7 cm³/mol. The molecule has 0 fully saturated rings. The number of aromatic nitrogens is 3. The topological polar surface area (TPSA) is 63.1 Å². The van der Waals surface area contributed by atoms with Crippen LogP contribution in [0, 0.1) is 0 Å². The molecule has 2 heterocycles. The van der Waals surface area contributed by atoms with Crippen LogP contribution in [0.4, 0.5) is 5.69 Å². The van der Waals surface area contributed by atoms with Gasteiger partial charge in [-0.05, 0) is 45.6 Å². The summed E-state index contributed by atoms with van der Waals surface area (Å²) in [5.41, 5.74) is 3.90. The first-order chi connectivity index (χ1) is 12.0. The zero-order chi connectivity index (χ0) is 18.0. The van der Waals surface area contributed by atoms with Crippen molar-refractivity contribution in [2.45, 2.75) is 26.4 Å². The molecule has 6 nitrogen and oxygen atoms in total. The fraction of sp³-hybridized carbons (Fsp3) is 0.316. The molecular formula is C19H23N5O. The quantitative estimate of drug-likeness (QED) is 0.776. The minimum atomic E-state index is -0.181. The van der Waals surface area contributed by atoms with E-state index in [-0.39, 0.29) is 11.9 Å². The number of hydrogen-bond donors (Lipinski definition) is 1. The highest BCUT2D eigenvalue weighted by molar-refractivity contribution is 6.05. The Hall–Kier alpha value is -2.73. The Kier molecular flexibility index (Phi) is 4.81. The standard InChI is InChI=1S/C19H23N5O/c1-13(2)24-12-21-17-9-15(10-20-18(17)24)19(25)22-16-8-6-5-7-14(16)11-23(3)4/h5-10,12-13H,11H2,1-4H3,(H,22,25). The van der Waals surface area contributed by atoms with Gasteiger partial charge < -0.3 is 14.8 Å². The first kappa shape index (κ1) is 17.1. The number of hydrogen-bond acceptors (Lipinski definition) is 4. The van der Waals surface area contributed by atoms with Gasteiger partial charge in [0.15, 0.2) is 5.65 Å². The highest BCUT2D eigenvalue weighted by Crippen LogP contribution is 2.19. The lowest BCUT2D eigenvalue weighted by atomic mass is 10.1. The molecule has 0 aliphatic carbocycles. The SMILES string of the molecule is CC(C)n1cnc2cc(C(=O)Nc3ccccc3CN(C)C)cnc21. The van der Waals surface area contributed by atoms with Crippen LogP contribution in [-0.4, -0.2) is 39.4 Å². The lowest BCUT2D eigenvalue weighted by molar-refractivity contribution is 0.102. The Bertz CT molecular complexity index is 898. The second-order valence-corrected chi connectivity index (χ2v) is 6.66. The fourth-order valence-corrected chi connectivity index (χ4v) is 2.74. The van der Waals surface area contributed by atoms with Crippen LogP contribution in [-0.2, 0) is 6.54 Å². The molecule has 0 saturated carbocycles. The van der Waals surface area contributed by atoms with Crippen LogP contribution in [0.25, 0.3) is 11.2 Å². The molecular weight excluding hydrogens is 314 g/mol. The normalized spacial score (nSPS) is 11.4. The number of nitrogens with zero attached hydrogens (tertiary/aromatic N) is 4. The first-order valence-corrected chi connectivity index (χ1v) is 8.32. The largest absolute Gasteiger partial charge is 0.322 e. The second kappa shape index (κ2) is 7.03. The van der Waals surface area contributed by atoms with Crippen molar-refractivity contribution < 1.29 is 4.79 Å². The third-order valence-corrected chi connectivity index (χ3v) is 3.98. The van der Waals surface area contributed by atoms with E-state index in [0.29, 0.717) is 5.56 Å². The minimum Gasteiger partial charge on any atom is -0.322 e. The Morgan fingerprint density at radius 2 is 2.00 bits per heavy atom. The third kappa shape index (κ3) is 3.69. The molecule has 130 valence electrons. The molecule has 0 bridgehead atoms. The van der Waals surface area contributed by atoms with Crippen molar-refractivity contribution in [3.05, 3.63) is 54.0 Å². The monoisotopic (exact) mass is 337 g/mol. The summed E-state index contributed by atoms with van der Waals surface area (Å²) in [4.78, 5) is 23.5. The van der Waals surface area contributed by atoms with Gasteiger partial charge in [0, 0.05) is 24.5 Å². The summed E-state index contributed by atoms with van der Waals surface area (Å²) in [6.07, 6.45) is 3.36. The van der Waals surface area contributed by atoms with E-state index >= 15 is 0 Å². The predicted octanol–water partition coefficient (Wildman–Crippen LogP) is 3.33. The summed E-state index contributed by atoms with van der Waals surface area (Å²) in [7, 11) is 4.00. The van der Waals surface area contributed by atoms with Crippen molar-refractivity contribution in [2.75, 3.05) is 19.4 Å². The minimum absolute atomic E-state index is 0.181. The summed E-state index contributed by atoms with van der Waals surface area (Å²) in [6.45, 7) is 4.91. The number of pyridine rings is 1. The van der Waals surface area contributed by atoms with E-state index in [1.54, 1.807) is 18.6 Å². The van der Waals surface area contributed by atoms with E-state index in [9.17, 15) is 4.79 Å². The molecule has 0 unspecified atom stereocenters. The molecule has 1 amide bonds. The number of anilines is 1. The highest BCUT2D eigenvalue weighted by atomic mass is 16.1. The van der Waals surface area contributed by atoms with Crippen molar-refractivity contribution in [3.8, 4) is 0 Å². The summed E-state index contributed by atoms with van der Waals surface area (Å²) in [6, 6.07) is 9.87. The van der Waals surface area contributed by atoms with Gasteiger partial charge in [-0.1, -0.05) is 18.2 Å². The molecule has 0 spiro atoms. The van der Waals surface area contributed by atoms with Crippen LogP contribution in [0.15, 0.2) is 42.9 Å². The number of benzene rings is 1. The van der Waals surface area contributed by atoms with Crippen molar-refractivity contribution in [3.63, 3.8) is 0 Å². The van der Waals surface area contributed by atoms with E-state index in [2.05, 4.69) is 34.0 Å². The van der Waals surface area contributed by atoms with Gasteiger partial charge in [0.25, 0.3) is 5.91 Å². The highest BCUT2D eigenvalue weighted by Gasteiger charge is 2.13. The number of nitrogens with one attached hydrogen (secondary N) is 1. The van der Waals surface area contributed by atoms with Crippen LogP contribution in [0.1, 0.15) is 35.8 Å².